The number of hydrogen-bond donors (Lipinski definition) is 1. The molecule has 0 saturated carbocycles. The highest BCUT2D eigenvalue weighted by atomic mass is 79.9. The number of hydrogen-bond acceptors (Lipinski definition) is 2. The Morgan fingerprint density at radius 1 is 1.21 bits per heavy atom. The molecule has 100 valence electrons. The highest BCUT2D eigenvalue weighted by Gasteiger charge is 2.14. The molecule has 0 spiro atoms. The van der Waals surface area contributed by atoms with Crippen molar-refractivity contribution < 1.29 is 9.13 Å². The molecule has 0 bridgehead atoms. The van der Waals surface area contributed by atoms with Crippen molar-refractivity contribution in [2.75, 3.05) is 6.61 Å². The predicted octanol–water partition coefficient (Wildman–Crippen LogP) is 4.04. The van der Waals surface area contributed by atoms with Gasteiger partial charge in [0, 0.05) is 0 Å². The Balaban J connectivity index is 2.28. The lowest BCUT2D eigenvalue weighted by Gasteiger charge is -2.15. The van der Waals surface area contributed by atoms with Crippen LogP contribution in [-0.4, -0.2) is 6.61 Å². The number of benzene rings is 2. The zero-order valence-electron chi connectivity index (χ0n) is 10.6. The van der Waals surface area contributed by atoms with Crippen molar-refractivity contribution in [1.29, 1.82) is 0 Å². The van der Waals surface area contributed by atoms with Gasteiger partial charge in [0.15, 0.2) is 0 Å². The van der Waals surface area contributed by atoms with E-state index in [0.29, 0.717) is 11.1 Å². The molecule has 2 aromatic carbocycles. The summed E-state index contributed by atoms with van der Waals surface area (Å²) in [6.07, 6.45) is 0. The van der Waals surface area contributed by atoms with Crippen LogP contribution in [0.3, 0.4) is 0 Å². The topological polar surface area (TPSA) is 35.2 Å². The van der Waals surface area contributed by atoms with Crippen molar-refractivity contribution in [3.05, 3.63) is 63.9 Å². The first-order valence-electron chi connectivity index (χ1n) is 6.05. The minimum atomic E-state index is -0.374. The van der Waals surface area contributed by atoms with Gasteiger partial charge in [0.2, 0.25) is 0 Å². The molecule has 0 aliphatic heterocycles. The van der Waals surface area contributed by atoms with E-state index in [9.17, 15) is 4.39 Å². The maximum atomic E-state index is 13.5. The minimum absolute atomic E-state index is 0.307. The van der Waals surface area contributed by atoms with Gasteiger partial charge in [0.05, 0.1) is 17.1 Å². The molecule has 0 fully saturated rings. The third kappa shape index (κ3) is 3.14. The van der Waals surface area contributed by atoms with Gasteiger partial charge < -0.3 is 10.5 Å². The number of nitrogens with two attached hydrogens (primary N) is 1. The van der Waals surface area contributed by atoms with Gasteiger partial charge in [-0.3, -0.25) is 0 Å². The summed E-state index contributed by atoms with van der Waals surface area (Å²) in [6.45, 7) is 2.56. The Kier molecular flexibility index (Phi) is 4.56. The zero-order chi connectivity index (χ0) is 13.8. The van der Waals surface area contributed by atoms with E-state index >= 15 is 0 Å². The van der Waals surface area contributed by atoms with Crippen molar-refractivity contribution in [2.24, 2.45) is 5.73 Å². The molecule has 2 aromatic rings. The fourth-order valence-corrected chi connectivity index (χ4v) is 2.39. The molecule has 4 heteroatoms. The second kappa shape index (κ2) is 6.17. The monoisotopic (exact) mass is 323 g/mol. The zero-order valence-corrected chi connectivity index (χ0v) is 12.2. The van der Waals surface area contributed by atoms with Gasteiger partial charge in [-0.05, 0) is 52.2 Å². The molecular formula is C15H15BrFNO. The van der Waals surface area contributed by atoms with Crippen LogP contribution in [0.5, 0.6) is 5.75 Å². The number of ether oxygens (including phenoxy) is 1. The van der Waals surface area contributed by atoms with Gasteiger partial charge in [-0.25, -0.2) is 4.39 Å². The second-order valence-electron chi connectivity index (χ2n) is 4.12. The molecule has 2 rings (SSSR count). The summed E-state index contributed by atoms with van der Waals surface area (Å²) in [5.74, 6) is 0.496. The Morgan fingerprint density at radius 3 is 2.53 bits per heavy atom. The van der Waals surface area contributed by atoms with Crippen LogP contribution in [0.2, 0.25) is 0 Å². The van der Waals surface area contributed by atoms with E-state index in [4.69, 9.17) is 10.5 Å². The Bertz CT molecular complexity index is 557. The average Bonchev–Trinajstić information content (AvgIpc) is 2.42. The summed E-state index contributed by atoms with van der Waals surface area (Å²) in [5, 5.41) is 0. The molecule has 0 aromatic heterocycles. The largest absolute Gasteiger partial charge is 0.494 e. The summed E-state index contributed by atoms with van der Waals surface area (Å²) < 4.78 is 19.3. The molecular weight excluding hydrogens is 309 g/mol. The van der Waals surface area contributed by atoms with Crippen LogP contribution in [-0.2, 0) is 0 Å². The van der Waals surface area contributed by atoms with Gasteiger partial charge in [0.25, 0.3) is 0 Å². The van der Waals surface area contributed by atoms with Gasteiger partial charge in [-0.2, -0.15) is 0 Å². The van der Waals surface area contributed by atoms with E-state index in [1.807, 2.05) is 37.3 Å². The molecule has 0 aliphatic carbocycles. The maximum absolute atomic E-state index is 13.5. The molecule has 0 aliphatic rings. The van der Waals surface area contributed by atoms with Crippen molar-refractivity contribution in [2.45, 2.75) is 13.0 Å². The maximum Gasteiger partial charge on any atom is 0.137 e. The van der Waals surface area contributed by atoms with Gasteiger partial charge in [-0.1, -0.05) is 24.3 Å². The third-order valence-electron chi connectivity index (χ3n) is 2.87. The van der Waals surface area contributed by atoms with E-state index in [1.165, 1.54) is 6.07 Å². The molecule has 1 unspecified atom stereocenters. The van der Waals surface area contributed by atoms with Crippen LogP contribution in [0, 0.1) is 5.82 Å². The first-order chi connectivity index (χ1) is 9.13. The van der Waals surface area contributed by atoms with Crippen molar-refractivity contribution >= 4 is 15.9 Å². The molecule has 19 heavy (non-hydrogen) atoms. The Labute approximate surface area is 120 Å². The van der Waals surface area contributed by atoms with Gasteiger partial charge in [-0.15, -0.1) is 0 Å². The smallest absolute Gasteiger partial charge is 0.137 e. The fraction of sp³-hybridized carbons (Fsp3) is 0.200. The van der Waals surface area contributed by atoms with E-state index < -0.39 is 0 Å². The van der Waals surface area contributed by atoms with Gasteiger partial charge in [0.1, 0.15) is 11.6 Å². The first-order valence-corrected chi connectivity index (χ1v) is 6.85. The first kappa shape index (κ1) is 14.0. The molecule has 2 N–H and O–H groups in total. The van der Waals surface area contributed by atoms with Crippen LogP contribution >= 0.6 is 15.9 Å². The molecule has 1 atom stereocenters. The standard InChI is InChI=1S/C15H15BrFNO/c1-2-19-11-8-6-10(7-9-11)15(18)12-4-3-5-13(17)14(12)16/h3-9,15H,2,18H2,1H3. The SMILES string of the molecule is CCOc1ccc(C(N)c2cccc(F)c2Br)cc1. The van der Waals surface area contributed by atoms with Crippen LogP contribution in [0.25, 0.3) is 0 Å². The number of halogens is 2. The number of rotatable bonds is 4. The lowest BCUT2D eigenvalue weighted by molar-refractivity contribution is 0.340. The fourth-order valence-electron chi connectivity index (χ4n) is 1.88. The average molecular weight is 324 g/mol. The second-order valence-corrected chi connectivity index (χ2v) is 4.92. The van der Waals surface area contributed by atoms with Crippen LogP contribution in [0.15, 0.2) is 46.9 Å². The lowest BCUT2D eigenvalue weighted by atomic mass is 9.99. The van der Waals surface area contributed by atoms with Crippen molar-refractivity contribution in [3.63, 3.8) is 0 Å². The van der Waals surface area contributed by atoms with Crippen LogP contribution < -0.4 is 10.5 Å². The van der Waals surface area contributed by atoms with E-state index in [0.717, 1.165) is 16.9 Å². The minimum Gasteiger partial charge on any atom is -0.494 e. The van der Waals surface area contributed by atoms with E-state index in [-0.39, 0.29) is 11.9 Å². The van der Waals surface area contributed by atoms with Crippen LogP contribution in [0.4, 0.5) is 4.39 Å². The highest BCUT2D eigenvalue weighted by Crippen LogP contribution is 2.29. The predicted molar refractivity (Wildman–Crippen MR) is 77.7 cm³/mol. The van der Waals surface area contributed by atoms with Crippen LogP contribution in [0.1, 0.15) is 24.1 Å². The molecule has 0 amide bonds. The Hall–Kier alpha value is -1.39. The summed E-state index contributed by atoms with van der Waals surface area (Å²) in [7, 11) is 0. The van der Waals surface area contributed by atoms with E-state index in [1.54, 1.807) is 6.07 Å². The molecule has 0 heterocycles. The Morgan fingerprint density at radius 2 is 1.89 bits per heavy atom. The summed E-state index contributed by atoms with van der Waals surface area (Å²) in [4.78, 5) is 0. The third-order valence-corrected chi connectivity index (χ3v) is 3.70. The van der Waals surface area contributed by atoms with E-state index in [2.05, 4.69) is 15.9 Å². The summed E-state index contributed by atoms with van der Waals surface area (Å²) in [6, 6.07) is 12.0. The van der Waals surface area contributed by atoms with Crippen molar-refractivity contribution in [1.82, 2.24) is 0 Å². The highest BCUT2D eigenvalue weighted by molar-refractivity contribution is 9.10. The summed E-state index contributed by atoms with van der Waals surface area (Å²) in [5.41, 5.74) is 7.81. The normalized spacial score (nSPS) is 12.2. The lowest BCUT2D eigenvalue weighted by Crippen LogP contribution is -2.13. The molecule has 2 nitrogen and oxygen atoms in total. The van der Waals surface area contributed by atoms with Crippen molar-refractivity contribution in [3.8, 4) is 5.75 Å². The molecule has 0 saturated heterocycles. The van der Waals surface area contributed by atoms with Gasteiger partial charge >= 0.3 is 0 Å². The molecule has 0 radical (unpaired) electrons. The summed E-state index contributed by atoms with van der Waals surface area (Å²) >= 11 is 3.24. The quantitative estimate of drug-likeness (QED) is 0.921.